The summed E-state index contributed by atoms with van der Waals surface area (Å²) in [6.45, 7) is 0.836. The fourth-order valence-electron chi connectivity index (χ4n) is 1.58. The van der Waals surface area contributed by atoms with Crippen molar-refractivity contribution in [2.75, 3.05) is 6.54 Å². The second-order valence-corrected chi connectivity index (χ2v) is 3.86. The van der Waals surface area contributed by atoms with Crippen LogP contribution in [0.25, 0.3) is 0 Å². The third-order valence-electron chi connectivity index (χ3n) is 2.48. The van der Waals surface area contributed by atoms with Gasteiger partial charge in [-0.2, -0.15) is 0 Å². The van der Waals surface area contributed by atoms with E-state index >= 15 is 0 Å². The molecule has 1 radical (unpaired) electrons. The van der Waals surface area contributed by atoms with Crippen LogP contribution in [0.5, 0.6) is 0 Å². The summed E-state index contributed by atoms with van der Waals surface area (Å²) < 4.78 is 0. The lowest BCUT2D eigenvalue weighted by Gasteiger charge is -2.00. The van der Waals surface area contributed by atoms with Gasteiger partial charge in [-0.15, -0.1) is 0 Å². The smallest absolute Gasteiger partial charge is 0.198 e. The summed E-state index contributed by atoms with van der Waals surface area (Å²) >= 11 is 0. The minimum absolute atomic E-state index is 0.622. The van der Waals surface area contributed by atoms with Crippen LogP contribution in [-0.4, -0.2) is 12.8 Å². The first-order valence-electron chi connectivity index (χ1n) is 5.97. The van der Waals surface area contributed by atoms with Gasteiger partial charge in [0.25, 0.3) is 0 Å². The highest BCUT2D eigenvalue weighted by Gasteiger charge is 1.92. The molecule has 0 saturated heterocycles. The van der Waals surface area contributed by atoms with Gasteiger partial charge in [-0.1, -0.05) is 44.9 Å². The molecule has 0 atom stereocenters. The van der Waals surface area contributed by atoms with Crippen LogP contribution in [0.3, 0.4) is 0 Å². The summed E-state index contributed by atoms with van der Waals surface area (Å²) in [7, 11) is 0. The molecule has 2 N–H and O–H groups in total. The van der Waals surface area contributed by atoms with Gasteiger partial charge in [0, 0.05) is 6.42 Å². The lowest BCUT2D eigenvalue weighted by Crippen LogP contribution is -1.97. The molecule has 83 valence electrons. The van der Waals surface area contributed by atoms with Crippen molar-refractivity contribution in [2.45, 2.75) is 64.2 Å². The van der Waals surface area contributed by atoms with E-state index in [2.05, 4.69) is 0 Å². The van der Waals surface area contributed by atoms with Crippen molar-refractivity contribution < 1.29 is 4.79 Å². The summed E-state index contributed by atoms with van der Waals surface area (Å²) in [5.41, 5.74) is 5.41. The Labute approximate surface area is 88.3 Å². The normalized spacial score (nSPS) is 10.4. The molecule has 0 rings (SSSR count). The van der Waals surface area contributed by atoms with Crippen molar-refractivity contribution in [3.63, 3.8) is 0 Å². The van der Waals surface area contributed by atoms with Crippen molar-refractivity contribution >= 4 is 6.29 Å². The Balaban J connectivity index is 2.81. The Morgan fingerprint density at radius 2 is 1.14 bits per heavy atom. The molecule has 14 heavy (non-hydrogen) atoms. The molecule has 0 unspecified atom stereocenters. The van der Waals surface area contributed by atoms with Gasteiger partial charge in [0.2, 0.25) is 0 Å². The van der Waals surface area contributed by atoms with Crippen molar-refractivity contribution in [3.8, 4) is 0 Å². The Morgan fingerprint density at radius 3 is 1.57 bits per heavy atom. The fourth-order valence-corrected chi connectivity index (χ4v) is 1.58. The van der Waals surface area contributed by atoms with Crippen molar-refractivity contribution in [1.82, 2.24) is 0 Å². The van der Waals surface area contributed by atoms with E-state index < -0.39 is 0 Å². The molecule has 2 nitrogen and oxygen atoms in total. The molecule has 2 heteroatoms. The van der Waals surface area contributed by atoms with E-state index in [0.717, 1.165) is 13.0 Å². The molecule has 0 aromatic heterocycles. The molecular weight excluding hydrogens is 174 g/mol. The molecule has 0 saturated carbocycles. The largest absolute Gasteiger partial charge is 0.330 e. The molecular formula is C12H24NO. The van der Waals surface area contributed by atoms with E-state index in [1.165, 1.54) is 51.4 Å². The van der Waals surface area contributed by atoms with Crippen LogP contribution in [-0.2, 0) is 4.79 Å². The van der Waals surface area contributed by atoms with Gasteiger partial charge in [-0.3, -0.25) is 4.79 Å². The molecule has 0 aromatic carbocycles. The number of unbranched alkanes of at least 4 members (excludes halogenated alkanes) is 9. The first-order valence-corrected chi connectivity index (χ1v) is 5.97. The molecule has 0 fully saturated rings. The quantitative estimate of drug-likeness (QED) is 0.519. The van der Waals surface area contributed by atoms with Crippen LogP contribution in [0.4, 0.5) is 0 Å². The average molecular weight is 198 g/mol. The summed E-state index contributed by atoms with van der Waals surface area (Å²) in [6.07, 6.45) is 13.9. The van der Waals surface area contributed by atoms with Crippen LogP contribution in [0.2, 0.25) is 0 Å². The lowest BCUT2D eigenvalue weighted by molar-refractivity contribution is 0.537. The first kappa shape index (κ1) is 13.6. The van der Waals surface area contributed by atoms with Crippen molar-refractivity contribution in [3.05, 3.63) is 0 Å². The minimum atomic E-state index is 0.622. The van der Waals surface area contributed by atoms with Gasteiger partial charge in [0.05, 0.1) is 0 Å². The zero-order valence-electron chi connectivity index (χ0n) is 9.26. The van der Waals surface area contributed by atoms with Crippen LogP contribution in [0.15, 0.2) is 0 Å². The minimum Gasteiger partial charge on any atom is -0.330 e. The van der Waals surface area contributed by atoms with E-state index in [9.17, 15) is 4.79 Å². The Hall–Kier alpha value is -0.370. The predicted molar refractivity (Wildman–Crippen MR) is 60.9 cm³/mol. The molecule has 0 aliphatic heterocycles. The van der Waals surface area contributed by atoms with Gasteiger partial charge < -0.3 is 5.73 Å². The second-order valence-electron chi connectivity index (χ2n) is 3.86. The molecule has 0 spiro atoms. The zero-order valence-corrected chi connectivity index (χ0v) is 9.26. The summed E-state index contributed by atoms with van der Waals surface area (Å²) in [6, 6.07) is 0. The van der Waals surface area contributed by atoms with Crippen molar-refractivity contribution in [2.24, 2.45) is 5.73 Å². The number of rotatable bonds is 11. The van der Waals surface area contributed by atoms with E-state index in [0.29, 0.717) is 6.42 Å². The number of carbonyl (C=O) groups excluding carboxylic acids is 1. The van der Waals surface area contributed by atoms with Crippen molar-refractivity contribution in [1.29, 1.82) is 0 Å². The fraction of sp³-hybridized carbons (Fsp3) is 0.917. The maximum atomic E-state index is 9.91. The maximum absolute atomic E-state index is 9.91. The van der Waals surface area contributed by atoms with E-state index in [1.54, 1.807) is 0 Å². The van der Waals surface area contributed by atoms with Gasteiger partial charge >= 0.3 is 0 Å². The average Bonchev–Trinajstić information content (AvgIpc) is 2.21. The number of nitrogens with two attached hydrogens (primary N) is 1. The second kappa shape index (κ2) is 12.6. The Morgan fingerprint density at radius 1 is 0.714 bits per heavy atom. The van der Waals surface area contributed by atoms with E-state index in [1.807, 2.05) is 6.29 Å². The summed E-state index contributed by atoms with van der Waals surface area (Å²) in [4.78, 5) is 9.91. The predicted octanol–water partition coefficient (Wildman–Crippen LogP) is 2.96. The standard InChI is InChI=1S/C12H24NO/c13-11-9-7-5-3-1-2-4-6-8-10-12-14/h1-11,13H2. The summed E-state index contributed by atoms with van der Waals surface area (Å²) in [5, 5.41) is 0. The van der Waals surface area contributed by atoms with Gasteiger partial charge in [-0.25, -0.2) is 0 Å². The highest BCUT2D eigenvalue weighted by atomic mass is 16.1. The third kappa shape index (κ3) is 11.6. The number of hydrogen-bond donors (Lipinski definition) is 1. The topological polar surface area (TPSA) is 43.1 Å². The number of hydrogen-bond acceptors (Lipinski definition) is 2. The lowest BCUT2D eigenvalue weighted by atomic mass is 10.1. The molecule has 0 aromatic rings. The van der Waals surface area contributed by atoms with Crippen LogP contribution in [0.1, 0.15) is 64.2 Å². The molecule has 0 aliphatic rings. The SMILES string of the molecule is NCCCCCCCCCCC[C]=O. The van der Waals surface area contributed by atoms with Gasteiger partial charge in [0.1, 0.15) is 0 Å². The molecule has 0 aliphatic carbocycles. The van der Waals surface area contributed by atoms with Gasteiger partial charge in [0.15, 0.2) is 6.29 Å². The Bertz CT molecular complexity index is 115. The van der Waals surface area contributed by atoms with E-state index in [4.69, 9.17) is 5.73 Å². The van der Waals surface area contributed by atoms with Crippen LogP contribution < -0.4 is 5.73 Å². The Kier molecular flexibility index (Phi) is 12.3. The zero-order chi connectivity index (χ0) is 10.5. The highest BCUT2D eigenvalue weighted by Crippen LogP contribution is 2.09. The maximum Gasteiger partial charge on any atom is 0.198 e. The van der Waals surface area contributed by atoms with Crippen LogP contribution in [0, 0.1) is 0 Å². The highest BCUT2D eigenvalue weighted by molar-refractivity contribution is 5.50. The monoisotopic (exact) mass is 198 g/mol. The first-order chi connectivity index (χ1) is 6.91. The molecule has 0 amide bonds. The van der Waals surface area contributed by atoms with E-state index in [-0.39, 0.29) is 0 Å². The van der Waals surface area contributed by atoms with Crippen LogP contribution >= 0.6 is 0 Å². The summed E-state index contributed by atoms with van der Waals surface area (Å²) in [5.74, 6) is 0. The molecule has 0 bridgehead atoms. The third-order valence-corrected chi connectivity index (χ3v) is 2.48. The van der Waals surface area contributed by atoms with Gasteiger partial charge in [-0.05, 0) is 19.4 Å². The molecule has 0 heterocycles.